The van der Waals surface area contributed by atoms with Crippen LogP contribution in [0, 0.1) is 0 Å². The van der Waals surface area contributed by atoms with Crippen molar-refractivity contribution in [3.63, 3.8) is 0 Å². The van der Waals surface area contributed by atoms with Gasteiger partial charge < -0.3 is 9.66 Å². The standard InChI is InChI=1S/C12H26O4S.K/c1-2-3-4-5-6-7-8-9-10-12(13)11-17(14,15)16;/h12-13H,2-11H2,1H3,(H,14,15,16);/q;+1/p-1. The van der Waals surface area contributed by atoms with Gasteiger partial charge in [-0.2, -0.15) is 0 Å². The van der Waals surface area contributed by atoms with E-state index in [1.54, 1.807) is 0 Å². The molecule has 0 spiro atoms. The van der Waals surface area contributed by atoms with E-state index in [1.807, 2.05) is 0 Å². The smallest absolute Gasteiger partial charge is 0.748 e. The summed E-state index contributed by atoms with van der Waals surface area (Å²) >= 11 is 0. The molecule has 0 aliphatic heterocycles. The van der Waals surface area contributed by atoms with Gasteiger partial charge in [-0.15, -0.1) is 0 Å². The molecule has 0 saturated heterocycles. The third-order valence-corrected chi connectivity index (χ3v) is 3.58. The van der Waals surface area contributed by atoms with Crippen molar-refractivity contribution in [2.24, 2.45) is 0 Å². The van der Waals surface area contributed by atoms with Crippen LogP contribution in [0.5, 0.6) is 0 Å². The second-order valence-corrected chi connectivity index (χ2v) is 6.09. The Labute approximate surface area is 154 Å². The van der Waals surface area contributed by atoms with Crippen LogP contribution in [-0.4, -0.2) is 29.9 Å². The number of hydrogen-bond donors (Lipinski definition) is 1. The molecule has 0 saturated carbocycles. The fourth-order valence-electron chi connectivity index (χ4n) is 1.83. The van der Waals surface area contributed by atoms with Gasteiger partial charge in [0.2, 0.25) is 0 Å². The summed E-state index contributed by atoms with van der Waals surface area (Å²) in [5.74, 6) is -0.649. The second kappa shape index (κ2) is 13.5. The average Bonchev–Trinajstić information content (AvgIpc) is 2.19. The minimum Gasteiger partial charge on any atom is -0.748 e. The molecule has 0 rings (SSSR count). The van der Waals surface area contributed by atoms with Gasteiger partial charge in [0.15, 0.2) is 0 Å². The van der Waals surface area contributed by atoms with Crippen LogP contribution in [0.1, 0.15) is 64.7 Å². The summed E-state index contributed by atoms with van der Waals surface area (Å²) in [5.41, 5.74) is 0. The summed E-state index contributed by atoms with van der Waals surface area (Å²) in [4.78, 5) is 0. The molecule has 18 heavy (non-hydrogen) atoms. The van der Waals surface area contributed by atoms with Crippen LogP contribution in [-0.2, 0) is 10.1 Å². The predicted molar refractivity (Wildman–Crippen MR) is 67.8 cm³/mol. The first-order chi connectivity index (χ1) is 7.95. The Morgan fingerprint density at radius 1 is 1.00 bits per heavy atom. The minimum absolute atomic E-state index is 0. The van der Waals surface area contributed by atoms with Gasteiger partial charge >= 0.3 is 51.4 Å². The van der Waals surface area contributed by atoms with E-state index in [1.165, 1.54) is 32.1 Å². The van der Waals surface area contributed by atoms with E-state index in [0.717, 1.165) is 19.3 Å². The number of hydrogen-bond acceptors (Lipinski definition) is 4. The van der Waals surface area contributed by atoms with Gasteiger partial charge in [-0.3, -0.25) is 0 Å². The molecule has 0 radical (unpaired) electrons. The Morgan fingerprint density at radius 2 is 1.44 bits per heavy atom. The summed E-state index contributed by atoms with van der Waals surface area (Å²) in [6, 6.07) is 0. The summed E-state index contributed by atoms with van der Waals surface area (Å²) in [5, 5.41) is 9.28. The quantitative estimate of drug-likeness (QED) is 0.315. The molecule has 0 heterocycles. The molecule has 1 unspecified atom stereocenters. The van der Waals surface area contributed by atoms with Crippen LogP contribution in [0.2, 0.25) is 0 Å². The van der Waals surface area contributed by atoms with Crippen LogP contribution >= 0.6 is 0 Å². The largest absolute Gasteiger partial charge is 1.00 e. The van der Waals surface area contributed by atoms with Gasteiger partial charge in [-0.1, -0.05) is 58.3 Å². The maximum absolute atomic E-state index is 10.4. The Kier molecular flexibility index (Phi) is 16.3. The third-order valence-electron chi connectivity index (χ3n) is 2.79. The normalized spacial score (nSPS) is 13.1. The van der Waals surface area contributed by atoms with Crippen LogP contribution in [0.4, 0.5) is 0 Å². The van der Waals surface area contributed by atoms with Crippen molar-refractivity contribution < 1.29 is 69.5 Å². The van der Waals surface area contributed by atoms with Gasteiger partial charge in [0.1, 0.15) is 0 Å². The first-order valence-electron chi connectivity index (χ1n) is 6.57. The van der Waals surface area contributed by atoms with Crippen molar-refractivity contribution in [3.8, 4) is 0 Å². The minimum atomic E-state index is -4.28. The molecule has 6 heteroatoms. The summed E-state index contributed by atoms with van der Waals surface area (Å²) in [6.07, 6.45) is 8.63. The monoisotopic (exact) mass is 304 g/mol. The van der Waals surface area contributed by atoms with E-state index in [0.29, 0.717) is 6.42 Å². The van der Waals surface area contributed by atoms with Crippen molar-refractivity contribution in [2.75, 3.05) is 5.75 Å². The van der Waals surface area contributed by atoms with Crippen LogP contribution in [0.15, 0.2) is 0 Å². The van der Waals surface area contributed by atoms with Gasteiger partial charge in [0.05, 0.1) is 22.0 Å². The van der Waals surface area contributed by atoms with E-state index in [4.69, 9.17) is 0 Å². The zero-order valence-electron chi connectivity index (χ0n) is 11.7. The molecule has 0 aromatic heterocycles. The molecule has 0 fully saturated rings. The van der Waals surface area contributed by atoms with Crippen molar-refractivity contribution in [3.05, 3.63) is 0 Å². The summed E-state index contributed by atoms with van der Waals surface area (Å²) in [6.45, 7) is 2.19. The molecular weight excluding hydrogens is 279 g/mol. The van der Waals surface area contributed by atoms with E-state index >= 15 is 0 Å². The molecule has 0 amide bonds. The first-order valence-corrected chi connectivity index (χ1v) is 8.15. The average molecular weight is 304 g/mol. The fourth-order valence-corrected chi connectivity index (χ4v) is 2.47. The molecule has 0 bridgehead atoms. The molecule has 0 aliphatic rings. The van der Waals surface area contributed by atoms with Gasteiger partial charge in [0, 0.05) is 0 Å². The fraction of sp³-hybridized carbons (Fsp3) is 1.00. The maximum Gasteiger partial charge on any atom is 1.00 e. The van der Waals surface area contributed by atoms with E-state index in [9.17, 15) is 18.1 Å². The van der Waals surface area contributed by atoms with Crippen molar-refractivity contribution in [1.29, 1.82) is 0 Å². The van der Waals surface area contributed by atoms with Crippen LogP contribution in [0.3, 0.4) is 0 Å². The number of aliphatic hydroxyl groups excluding tert-OH is 1. The van der Waals surface area contributed by atoms with Crippen LogP contribution < -0.4 is 51.4 Å². The molecule has 0 aromatic carbocycles. The Morgan fingerprint density at radius 3 is 1.89 bits per heavy atom. The van der Waals surface area contributed by atoms with E-state index in [-0.39, 0.29) is 51.4 Å². The van der Waals surface area contributed by atoms with Crippen molar-refractivity contribution in [2.45, 2.75) is 70.8 Å². The zero-order chi connectivity index (χ0) is 13.1. The number of rotatable bonds is 11. The molecular formula is C12H25KO4S. The molecule has 0 aliphatic carbocycles. The van der Waals surface area contributed by atoms with Gasteiger partial charge in [-0.05, 0) is 6.42 Å². The number of unbranched alkanes of at least 4 members (excludes halogenated alkanes) is 7. The molecule has 0 aromatic rings. The van der Waals surface area contributed by atoms with Crippen molar-refractivity contribution >= 4 is 10.1 Å². The zero-order valence-corrected chi connectivity index (χ0v) is 15.7. The van der Waals surface area contributed by atoms with Gasteiger partial charge in [0.25, 0.3) is 0 Å². The first kappa shape index (κ1) is 21.8. The van der Waals surface area contributed by atoms with E-state index < -0.39 is 22.0 Å². The molecule has 104 valence electrons. The molecule has 4 nitrogen and oxygen atoms in total. The van der Waals surface area contributed by atoms with Crippen molar-refractivity contribution in [1.82, 2.24) is 0 Å². The van der Waals surface area contributed by atoms with E-state index in [2.05, 4.69) is 6.92 Å². The van der Waals surface area contributed by atoms with Gasteiger partial charge in [-0.25, -0.2) is 8.42 Å². The summed E-state index contributed by atoms with van der Waals surface area (Å²) < 4.78 is 31.1. The maximum atomic E-state index is 10.4. The summed E-state index contributed by atoms with van der Waals surface area (Å²) in [7, 11) is -4.28. The number of aliphatic hydroxyl groups is 1. The Balaban J connectivity index is 0. The SMILES string of the molecule is CCCCCCCCCCC(O)CS(=O)(=O)[O-].[K+]. The molecule has 1 atom stereocenters. The Bertz CT molecular complexity index is 267. The topological polar surface area (TPSA) is 77.4 Å². The predicted octanol–water partition coefficient (Wildman–Crippen LogP) is -0.573. The van der Waals surface area contributed by atoms with Crippen LogP contribution in [0.25, 0.3) is 0 Å². The Hall–Kier alpha value is 1.51. The third kappa shape index (κ3) is 17.5. The molecule has 1 N–H and O–H groups in total. The second-order valence-electron chi connectivity index (χ2n) is 4.64.